The number of benzene rings is 1. The third-order valence-corrected chi connectivity index (χ3v) is 2.12. The second-order valence-electron chi connectivity index (χ2n) is 3.80. The van der Waals surface area contributed by atoms with Crippen LogP contribution in [-0.2, 0) is 4.79 Å². The molecule has 1 aromatic carbocycles. The molecular weight excluding hydrogens is 192 g/mol. The van der Waals surface area contributed by atoms with E-state index in [1.54, 1.807) is 6.92 Å². The number of carboxylic acids is 1. The number of aliphatic carboxylic acids is 1. The Labute approximate surface area is 89.7 Å². The third kappa shape index (κ3) is 3.62. The van der Waals surface area contributed by atoms with Crippen molar-refractivity contribution in [3.63, 3.8) is 0 Å². The molecule has 15 heavy (non-hydrogen) atoms. The van der Waals surface area contributed by atoms with Gasteiger partial charge in [0, 0.05) is 0 Å². The van der Waals surface area contributed by atoms with Gasteiger partial charge in [0.15, 0.2) is 0 Å². The molecule has 0 aliphatic rings. The number of hydrogen-bond donors (Lipinski definition) is 1. The number of ether oxygens (including phenoxy) is 1. The van der Waals surface area contributed by atoms with Crippen molar-refractivity contribution in [2.45, 2.75) is 33.3 Å². The fourth-order valence-electron chi connectivity index (χ4n) is 1.44. The predicted octanol–water partition coefficient (Wildman–Crippen LogP) is 2.55. The molecule has 82 valence electrons. The first-order valence-electron chi connectivity index (χ1n) is 4.94. The summed E-state index contributed by atoms with van der Waals surface area (Å²) < 4.78 is 5.53. The zero-order valence-corrected chi connectivity index (χ0v) is 9.28. The highest BCUT2D eigenvalue weighted by Gasteiger charge is 2.10. The molecule has 1 N–H and O–H groups in total. The standard InChI is InChI=1S/C12H16O3/c1-8-4-5-11(9(2)6-8)15-10(3)7-12(13)14/h4-6,10H,7H2,1-3H3,(H,13,14)/t10-/m0/s1. The molecule has 1 aromatic rings. The lowest BCUT2D eigenvalue weighted by Crippen LogP contribution is -2.17. The Balaban J connectivity index is 2.68. The molecule has 0 aliphatic heterocycles. The van der Waals surface area contributed by atoms with Crippen LogP contribution in [0.15, 0.2) is 18.2 Å². The fourth-order valence-corrected chi connectivity index (χ4v) is 1.44. The average Bonchev–Trinajstić information content (AvgIpc) is 2.08. The van der Waals surface area contributed by atoms with Gasteiger partial charge in [0.05, 0.1) is 6.42 Å². The van der Waals surface area contributed by atoms with Crippen molar-refractivity contribution in [2.24, 2.45) is 0 Å². The first-order chi connectivity index (χ1) is 6.99. The predicted molar refractivity (Wildman–Crippen MR) is 58.3 cm³/mol. The van der Waals surface area contributed by atoms with Gasteiger partial charge in [-0.2, -0.15) is 0 Å². The Kier molecular flexibility index (Phi) is 3.72. The van der Waals surface area contributed by atoms with Crippen LogP contribution in [0.25, 0.3) is 0 Å². The Morgan fingerprint density at radius 1 is 1.47 bits per heavy atom. The van der Waals surface area contributed by atoms with Gasteiger partial charge in [-0.1, -0.05) is 17.7 Å². The lowest BCUT2D eigenvalue weighted by Gasteiger charge is -2.14. The van der Waals surface area contributed by atoms with E-state index < -0.39 is 5.97 Å². The largest absolute Gasteiger partial charge is 0.490 e. The van der Waals surface area contributed by atoms with Crippen molar-refractivity contribution >= 4 is 5.97 Å². The van der Waals surface area contributed by atoms with Crippen molar-refractivity contribution in [1.82, 2.24) is 0 Å². The van der Waals surface area contributed by atoms with Crippen molar-refractivity contribution in [3.05, 3.63) is 29.3 Å². The summed E-state index contributed by atoms with van der Waals surface area (Å²) in [6.07, 6.45) is -0.281. The molecule has 3 nitrogen and oxygen atoms in total. The van der Waals surface area contributed by atoms with Crippen LogP contribution < -0.4 is 4.74 Å². The van der Waals surface area contributed by atoms with Crippen LogP contribution in [0.2, 0.25) is 0 Å². The molecule has 0 aliphatic carbocycles. The summed E-state index contributed by atoms with van der Waals surface area (Å²) in [5.74, 6) is -0.0818. The van der Waals surface area contributed by atoms with E-state index in [9.17, 15) is 4.79 Å². The summed E-state index contributed by atoms with van der Waals surface area (Å²) in [4.78, 5) is 10.5. The third-order valence-electron chi connectivity index (χ3n) is 2.12. The van der Waals surface area contributed by atoms with Gasteiger partial charge in [0.25, 0.3) is 0 Å². The molecule has 1 atom stereocenters. The second kappa shape index (κ2) is 4.82. The van der Waals surface area contributed by atoms with Crippen molar-refractivity contribution < 1.29 is 14.6 Å². The van der Waals surface area contributed by atoms with E-state index in [0.717, 1.165) is 11.3 Å². The highest BCUT2D eigenvalue weighted by molar-refractivity contribution is 5.67. The summed E-state index contributed by atoms with van der Waals surface area (Å²) in [5, 5.41) is 8.60. The minimum atomic E-state index is -0.840. The number of carbonyl (C=O) groups is 1. The van der Waals surface area contributed by atoms with Gasteiger partial charge in [0.2, 0.25) is 0 Å². The summed E-state index contributed by atoms with van der Waals surface area (Å²) in [6.45, 7) is 5.72. The van der Waals surface area contributed by atoms with E-state index in [1.807, 2.05) is 32.0 Å². The van der Waals surface area contributed by atoms with Crippen LogP contribution in [0.5, 0.6) is 5.75 Å². The first-order valence-corrected chi connectivity index (χ1v) is 4.94. The van der Waals surface area contributed by atoms with Crippen LogP contribution in [0.3, 0.4) is 0 Å². The normalized spacial score (nSPS) is 12.2. The average molecular weight is 208 g/mol. The Morgan fingerprint density at radius 2 is 2.13 bits per heavy atom. The summed E-state index contributed by atoms with van der Waals surface area (Å²) in [7, 11) is 0. The summed E-state index contributed by atoms with van der Waals surface area (Å²) in [5.41, 5.74) is 2.21. The second-order valence-corrected chi connectivity index (χ2v) is 3.80. The number of aryl methyl sites for hydroxylation is 2. The van der Waals surface area contributed by atoms with Crippen LogP contribution in [0.4, 0.5) is 0 Å². The molecule has 0 saturated carbocycles. The Hall–Kier alpha value is -1.51. The van der Waals surface area contributed by atoms with Gasteiger partial charge in [-0.05, 0) is 32.4 Å². The molecule has 0 fully saturated rings. The zero-order chi connectivity index (χ0) is 11.4. The van der Waals surface area contributed by atoms with Gasteiger partial charge >= 0.3 is 5.97 Å². The summed E-state index contributed by atoms with van der Waals surface area (Å²) in [6, 6.07) is 5.85. The van der Waals surface area contributed by atoms with E-state index in [-0.39, 0.29) is 12.5 Å². The Bertz CT molecular complexity index is 358. The monoisotopic (exact) mass is 208 g/mol. The molecule has 0 aromatic heterocycles. The smallest absolute Gasteiger partial charge is 0.307 e. The maximum atomic E-state index is 10.5. The SMILES string of the molecule is Cc1ccc(O[C@@H](C)CC(=O)O)c(C)c1. The van der Waals surface area contributed by atoms with Gasteiger partial charge in [-0.3, -0.25) is 4.79 Å². The minimum Gasteiger partial charge on any atom is -0.490 e. The van der Waals surface area contributed by atoms with Crippen LogP contribution in [0.1, 0.15) is 24.5 Å². The highest BCUT2D eigenvalue weighted by atomic mass is 16.5. The first kappa shape index (κ1) is 11.6. The van der Waals surface area contributed by atoms with Gasteiger partial charge in [-0.15, -0.1) is 0 Å². The van der Waals surface area contributed by atoms with E-state index in [1.165, 1.54) is 5.56 Å². The fraction of sp³-hybridized carbons (Fsp3) is 0.417. The summed E-state index contributed by atoms with van der Waals surface area (Å²) >= 11 is 0. The lowest BCUT2D eigenvalue weighted by atomic mass is 10.1. The molecule has 0 amide bonds. The maximum absolute atomic E-state index is 10.5. The molecule has 0 bridgehead atoms. The molecule has 3 heteroatoms. The van der Waals surface area contributed by atoms with Gasteiger partial charge < -0.3 is 9.84 Å². The quantitative estimate of drug-likeness (QED) is 0.827. The highest BCUT2D eigenvalue weighted by Crippen LogP contribution is 2.20. The van der Waals surface area contributed by atoms with Gasteiger partial charge in [0.1, 0.15) is 11.9 Å². The van der Waals surface area contributed by atoms with Crippen molar-refractivity contribution in [1.29, 1.82) is 0 Å². The molecule has 0 unspecified atom stereocenters. The lowest BCUT2D eigenvalue weighted by molar-refractivity contribution is -0.138. The van der Waals surface area contributed by atoms with E-state index in [0.29, 0.717) is 0 Å². The Morgan fingerprint density at radius 3 is 2.67 bits per heavy atom. The van der Waals surface area contributed by atoms with Crippen molar-refractivity contribution in [3.8, 4) is 5.75 Å². The number of hydrogen-bond acceptors (Lipinski definition) is 2. The van der Waals surface area contributed by atoms with Crippen LogP contribution in [-0.4, -0.2) is 17.2 Å². The molecular formula is C12H16O3. The molecule has 0 radical (unpaired) electrons. The number of rotatable bonds is 4. The van der Waals surface area contributed by atoms with E-state index in [4.69, 9.17) is 9.84 Å². The maximum Gasteiger partial charge on any atom is 0.307 e. The van der Waals surface area contributed by atoms with Crippen molar-refractivity contribution in [2.75, 3.05) is 0 Å². The molecule has 0 saturated heterocycles. The topological polar surface area (TPSA) is 46.5 Å². The minimum absolute atomic E-state index is 0.0211. The number of carboxylic acid groups (broad SMARTS) is 1. The van der Waals surface area contributed by atoms with Crippen LogP contribution in [0, 0.1) is 13.8 Å². The van der Waals surface area contributed by atoms with E-state index >= 15 is 0 Å². The molecule has 0 heterocycles. The van der Waals surface area contributed by atoms with E-state index in [2.05, 4.69) is 0 Å². The van der Waals surface area contributed by atoms with Gasteiger partial charge in [-0.25, -0.2) is 0 Å². The molecule has 0 spiro atoms. The zero-order valence-electron chi connectivity index (χ0n) is 9.28. The van der Waals surface area contributed by atoms with Crippen LogP contribution >= 0.6 is 0 Å². The molecule has 1 rings (SSSR count).